The number of rotatable bonds is 8. The third kappa shape index (κ3) is 5.83. The number of likely N-dealkylation sites (tertiary alicyclic amines) is 1. The molecule has 136 valence electrons. The SMILES string of the molecule is CC(C)(CCO)CNC(=O)NCC(c1ccco1)N1CCCCC1. The highest BCUT2D eigenvalue weighted by Crippen LogP contribution is 2.24. The fourth-order valence-corrected chi connectivity index (χ4v) is 3.08. The maximum absolute atomic E-state index is 12.1. The Balaban J connectivity index is 1.85. The summed E-state index contributed by atoms with van der Waals surface area (Å²) in [7, 11) is 0. The number of hydrogen-bond acceptors (Lipinski definition) is 4. The molecule has 0 aliphatic carbocycles. The van der Waals surface area contributed by atoms with Crippen molar-refractivity contribution in [1.82, 2.24) is 15.5 Å². The molecule has 0 radical (unpaired) electrons. The Kier molecular flexibility index (Phi) is 7.12. The lowest BCUT2D eigenvalue weighted by molar-refractivity contribution is 0.143. The summed E-state index contributed by atoms with van der Waals surface area (Å²) in [6.45, 7) is 7.34. The molecule has 2 rings (SSSR count). The van der Waals surface area contributed by atoms with Gasteiger partial charge >= 0.3 is 6.03 Å². The molecule has 24 heavy (non-hydrogen) atoms. The second kappa shape index (κ2) is 9.08. The van der Waals surface area contributed by atoms with Crippen molar-refractivity contribution >= 4 is 6.03 Å². The van der Waals surface area contributed by atoms with Crippen LogP contribution in [0.5, 0.6) is 0 Å². The van der Waals surface area contributed by atoms with E-state index in [1.54, 1.807) is 6.26 Å². The standard InChI is InChI=1S/C18H31N3O3/c1-18(2,8-11-22)14-20-17(23)19-13-15(16-7-6-12-24-16)21-9-4-3-5-10-21/h6-7,12,15,22H,3-5,8-11,13-14H2,1-2H3,(H2,19,20,23). The molecule has 6 heteroatoms. The van der Waals surface area contributed by atoms with E-state index in [2.05, 4.69) is 15.5 Å². The fourth-order valence-electron chi connectivity index (χ4n) is 3.08. The van der Waals surface area contributed by atoms with Gasteiger partial charge in [-0.15, -0.1) is 0 Å². The molecule has 3 N–H and O–H groups in total. The average Bonchev–Trinajstić information content (AvgIpc) is 3.08. The van der Waals surface area contributed by atoms with Crippen molar-refractivity contribution in [3.05, 3.63) is 24.2 Å². The monoisotopic (exact) mass is 337 g/mol. The van der Waals surface area contributed by atoms with Crippen molar-refractivity contribution in [2.75, 3.05) is 32.8 Å². The minimum atomic E-state index is -0.172. The largest absolute Gasteiger partial charge is 0.468 e. The summed E-state index contributed by atoms with van der Waals surface area (Å²) in [5.41, 5.74) is -0.112. The third-order valence-electron chi connectivity index (χ3n) is 4.68. The van der Waals surface area contributed by atoms with Gasteiger partial charge in [-0.1, -0.05) is 20.3 Å². The van der Waals surface area contributed by atoms with Gasteiger partial charge in [0.25, 0.3) is 0 Å². The first-order chi connectivity index (χ1) is 11.5. The molecular formula is C18H31N3O3. The number of carbonyl (C=O) groups excluding carboxylic acids is 1. The zero-order valence-electron chi connectivity index (χ0n) is 14.9. The lowest BCUT2D eigenvalue weighted by atomic mass is 9.90. The van der Waals surface area contributed by atoms with E-state index in [1.807, 2.05) is 26.0 Å². The van der Waals surface area contributed by atoms with E-state index in [4.69, 9.17) is 9.52 Å². The van der Waals surface area contributed by atoms with E-state index in [1.165, 1.54) is 19.3 Å². The number of nitrogens with zero attached hydrogens (tertiary/aromatic N) is 1. The van der Waals surface area contributed by atoms with Crippen molar-refractivity contribution in [1.29, 1.82) is 0 Å². The third-order valence-corrected chi connectivity index (χ3v) is 4.68. The molecule has 0 aromatic carbocycles. The van der Waals surface area contributed by atoms with Crippen LogP contribution in [-0.2, 0) is 0 Å². The molecule has 2 amide bonds. The Morgan fingerprint density at radius 2 is 2.08 bits per heavy atom. The number of aliphatic hydroxyl groups is 1. The predicted molar refractivity (Wildman–Crippen MR) is 93.8 cm³/mol. The Hall–Kier alpha value is -1.53. The van der Waals surface area contributed by atoms with Crippen LogP contribution in [0.25, 0.3) is 0 Å². The van der Waals surface area contributed by atoms with Crippen molar-refractivity contribution < 1.29 is 14.3 Å². The van der Waals surface area contributed by atoms with Crippen LogP contribution in [0, 0.1) is 5.41 Å². The predicted octanol–water partition coefficient (Wildman–Crippen LogP) is 2.51. The lowest BCUT2D eigenvalue weighted by Crippen LogP contribution is -2.45. The first-order valence-corrected chi connectivity index (χ1v) is 8.92. The molecule has 1 unspecified atom stereocenters. The highest BCUT2D eigenvalue weighted by Gasteiger charge is 2.25. The number of piperidine rings is 1. The smallest absolute Gasteiger partial charge is 0.314 e. The number of furan rings is 1. The van der Waals surface area contributed by atoms with Gasteiger partial charge in [0, 0.05) is 19.7 Å². The van der Waals surface area contributed by atoms with Crippen LogP contribution in [0.15, 0.2) is 22.8 Å². The Bertz CT molecular complexity index is 482. The lowest BCUT2D eigenvalue weighted by Gasteiger charge is -2.33. The summed E-state index contributed by atoms with van der Waals surface area (Å²) in [6.07, 6.45) is 6.01. The molecule has 1 saturated heterocycles. The number of urea groups is 1. The molecular weight excluding hydrogens is 306 g/mol. The molecule has 1 aliphatic rings. The molecule has 0 saturated carbocycles. The van der Waals surface area contributed by atoms with Gasteiger partial charge in [-0.3, -0.25) is 4.90 Å². The highest BCUT2D eigenvalue weighted by atomic mass is 16.3. The number of carbonyl (C=O) groups is 1. The zero-order valence-corrected chi connectivity index (χ0v) is 14.9. The number of hydrogen-bond donors (Lipinski definition) is 3. The molecule has 6 nitrogen and oxygen atoms in total. The first kappa shape index (κ1) is 18.8. The van der Waals surface area contributed by atoms with Crippen LogP contribution in [0.2, 0.25) is 0 Å². The van der Waals surface area contributed by atoms with E-state index in [9.17, 15) is 4.79 Å². The Labute approximate surface area is 144 Å². The van der Waals surface area contributed by atoms with Crippen LogP contribution >= 0.6 is 0 Å². The quantitative estimate of drug-likeness (QED) is 0.681. The second-order valence-corrected chi connectivity index (χ2v) is 7.33. The average molecular weight is 337 g/mol. The van der Waals surface area contributed by atoms with Crippen LogP contribution in [0.1, 0.15) is 51.3 Å². The molecule has 0 bridgehead atoms. The van der Waals surface area contributed by atoms with E-state index < -0.39 is 0 Å². The molecule has 1 aromatic heterocycles. The van der Waals surface area contributed by atoms with Gasteiger partial charge in [-0.2, -0.15) is 0 Å². The van der Waals surface area contributed by atoms with Gasteiger partial charge in [0.2, 0.25) is 0 Å². The highest BCUT2D eigenvalue weighted by molar-refractivity contribution is 5.73. The minimum absolute atomic E-state index is 0.0801. The van der Waals surface area contributed by atoms with Gasteiger partial charge in [0.05, 0.1) is 12.3 Å². The molecule has 1 atom stereocenters. The van der Waals surface area contributed by atoms with Crippen LogP contribution in [0.4, 0.5) is 4.79 Å². The molecule has 1 fully saturated rings. The van der Waals surface area contributed by atoms with Crippen molar-refractivity contribution in [2.45, 2.75) is 45.6 Å². The Morgan fingerprint density at radius 3 is 2.71 bits per heavy atom. The first-order valence-electron chi connectivity index (χ1n) is 8.92. The van der Waals surface area contributed by atoms with E-state index in [0.717, 1.165) is 18.8 Å². The van der Waals surface area contributed by atoms with Gasteiger partial charge < -0.3 is 20.2 Å². The van der Waals surface area contributed by atoms with E-state index in [-0.39, 0.29) is 24.1 Å². The van der Waals surface area contributed by atoms with Crippen LogP contribution in [0.3, 0.4) is 0 Å². The van der Waals surface area contributed by atoms with Gasteiger partial charge in [0.15, 0.2) is 0 Å². The summed E-state index contributed by atoms with van der Waals surface area (Å²) in [5, 5.41) is 14.9. The molecule has 1 aromatic rings. The Morgan fingerprint density at radius 1 is 1.33 bits per heavy atom. The topological polar surface area (TPSA) is 77.7 Å². The van der Waals surface area contributed by atoms with Crippen molar-refractivity contribution in [3.63, 3.8) is 0 Å². The second-order valence-electron chi connectivity index (χ2n) is 7.33. The number of nitrogens with one attached hydrogen (secondary N) is 2. The molecule has 1 aliphatic heterocycles. The van der Waals surface area contributed by atoms with E-state index in [0.29, 0.717) is 19.5 Å². The van der Waals surface area contributed by atoms with Gasteiger partial charge in [0.1, 0.15) is 5.76 Å². The summed E-state index contributed by atoms with van der Waals surface area (Å²) in [5.74, 6) is 0.901. The van der Waals surface area contributed by atoms with Crippen molar-refractivity contribution in [3.8, 4) is 0 Å². The van der Waals surface area contributed by atoms with Gasteiger partial charge in [-0.25, -0.2) is 4.79 Å². The number of aliphatic hydroxyl groups excluding tert-OH is 1. The summed E-state index contributed by atoms with van der Waals surface area (Å²) < 4.78 is 5.59. The summed E-state index contributed by atoms with van der Waals surface area (Å²) in [6, 6.07) is 3.78. The van der Waals surface area contributed by atoms with E-state index >= 15 is 0 Å². The van der Waals surface area contributed by atoms with Gasteiger partial charge in [-0.05, 0) is 49.9 Å². The summed E-state index contributed by atoms with van der Waals surface area (Å²) in [4.78, 5) is 14.5. The van der Waals surface area contributed by atoms with Crippen molar-refractivity contribution in [2.24, 2.45) is 5.41 Å². The summed E-state index contributed by atoms with van der Waals surface area (Å²) >= 11 is 0. The number of amides is 2. The zero-order chi connectivity index (χ0) is 17.4. The van der Waals surface area contributed by atoms with Crippen LogP contribution < -0.4 is 10.6 Å². The minimum Gasteiger partial charge on any atom is -0.468 e. The molecule has 0 spiro atoms. The maximum Gasteiger partial charge on any atom is 0.314 e. The molecule has 2 heterocycles. The normalized spacial score (nSPS) is 17.5. The van der Waals surface area contributed by atoms with Crippen LogP contribution in [-0.4, -0.2) is 48.8 Å². The maximum atomic E-state index is 12.1. The fraction of sp³-hybridized carbons (Fsp3) is 0.722.